The van der Waals surface area contributed by atoms with Gasteiger partial charge in [-0.25, -0.2) is 4.79 Å². The second kappa shape index (κ2) is 15.5. The first-order valence-electron chi connectivity index (χ1n) is 17.4. The zero-order chi connectivity index (χ0) is 37.1. The zero-order valence-corrected chi connectivity index (χ0v) is 30.0. The lowest BCUT2D eigenvalue weighted by Crippen LogP contribution is -2.40. The summed E-state index contributed by atoms with van der Waals surface area (Å²) in [5.41, 5.74) is 3.20. The Labute approximate surface area is 307 Å². The third kappa shape index (κ3) is 7.19. The molecule has 7 rings (SSSR count). The van der Waals surface area contributed by atoms with Crippen molar-refractivity contribution in [3.8, 4) is 11.5 Å². The number of aliphatic hydroxyl groups is 1. The third-order valence-electron chi connectivity index (χ3n) is 9.73. The number of aliphatic hydroxyl groups excluding tert-OH is 1. The highest BCUT2D eigenvalue weighted by atomic mass is 16.7. The van der Waals surface area contributed by atoms with Gasteiger partial charge in [0.1, 0.15) is 35.4 Å². The number of H-pyrrole nitrogens is 1. The minimum Gasteiger partial charge on any atom is -0.497 e. The quantitative estimate of drug-likeness (QED) is 0.138. The van der Waals surface area contributed by atoms with E-state index in [4.69, 9.17) is 28.3 Å². The molecule has 3 heterocycles. The van der Waals surface area contributed by atoms with Gasteiger partial charge in [0.2, 0.25) is 0 Å². The van der Waals surface area contributed by atoms with E-state index in [-0.39, 0.29) is 13.2 Å². The maximum atomic E-state index is 12.7. The molecule has 2 aliphatic heterocycles. The number of hydrogen-bond donors (Lipinski definition) is 2. The van der Waals surface area contributed by atoms with E-state index in [1.807, 2.05) is 99.0 Å². The van der Waals surface area contributed by atoms with Gasteiger partial charge in [0.15, 0.2) is 6.23 Å². The fraction of sp³-hybridized carbons (Fsp3) is 0.300. The van der Waals surface area contributed by atoms with Crippen LogP contribution in [0.1, 0.15) is 34.0 Å². The van der Waals surface area contributed by atoms with E-state index < -0.39 is 48.5 Å². The van der Waals surface area contributed by atoms with Crippen LogP contribution in [0.3, 0.4) is 0 Å². The molecule has 0 unspecified atom stereocenters. The summed E-state index contributed by atoms with van der Waals surface area (Å²) in [5, 5.41) is 10.2. The smallest absolute Gasteiger partial charge is 0.495 e. The highest BCUT2D eigenvalue weighted by molar-refractivity contribution is 6.62. The first-order chi connectivity index (χ1) is 25.7. The molecule has 4 atom stereocenters. The number of fused-ring (bicyclic) bond motifs is 1. The van der Waals surface area contributed by atoms with Crippen LogP contribution in [0.25, 0.3) is 0 Å². The lowest BCUT2D eigenvalue weighted by Gasteiger charge is -2.36. The Kier molecular flexibility index (Phi) is 10.7. The Balaban J connectivity index is 1.26. The molecule has 274 valence electrons. The summed E-state index contributed by atoms with van der Waals surface area (Å²) < 4.78 is 38.5. The van der Waals surface area contributed by atoms with Gasteiger partial charge in [-0.3, -0.25) is 14.3 Å². The Bertz CT molecular complexity index is 2080. The lowest BCUT2D eigenvalue weighted by molar-refractivity contribution is -0.0606. The zero-order valence-electron chi connectivity index (χ0n) is 30.0. The molecule has 0 aliphatic carbocycles. The Morgan fingerprint density at radius 2 is 1.45 bits per heavy atom. The number of aromatic amines is 1. The van der Waals surface area contributed by atoms with Crippen molar-refractivity contribution in [2.75, 3.05) is 34.9 Å². The molecule has 2 N–H and O–H groups in total. The van der Waals surface area contributed by atoms with Crippen molar-refractivity contribution < 1.29 is 33.4 Å². The molecule has 2 aliphatic rings. The number of ether oxygens (including phenoxy) is 4. The molecule has 1 aromatic heterocycles. The van der Waals surface area contributed by atoms with Crippen LogP contribution >= 0.6 is 0 Å². The van der Waals surface area contributed by atoms with E-state index in [1.165, 1.54) is 16.8 Å². The van der Waals surface area contributed by atoms with E-state index in [1.54, 1.807) is 14.2 Å². The van der Waals surface area contributed by atoms with Crippen LogP contribution in [0.15, 0.2) is 119 Å². The predicted octanol–water partition coefficient (Wildman–Crippen LogP) is 3.19. The van der Waals surface area contributed by atoms with Crippen LogP contribution in [0.4, 0.5) is 0 Å². The first kappa shape index (κ1) is 36.3. The SMILES string of the molecule is COc1ccc(C(OCc2ccc(CN(C)C)c(B3O[C@@H]4[C@H](O3)[C@@H](CO)O[C@H]4n3ccc(=O)[nH]c3=O)c2)(c2ccccc2)c2ccc(OC)cc2)cc1. The lowest BCUT2D eigenvalue weighted by atomic mass is 9.75. The molecule has 0 amide bonds. The van der Waals surface area contributed by atoms with E-state index in [9.17, 15) is 14.7 Å². The van der Waals surface area contributed by atoms with Crippen LogP contribution in [-0.4, -0.2) is 79.9 Å². The normalized spacial score (nSPS) is 19.8. The van der Waals surface area contributed by atoms with Crippen molar-refractivity contribution in [1.82, 2.24) is 14.5 Å². The second-order valence-electron chi connectivity index (χ2n) is 13.4. The van der Waals surface area contributed by atoms with Crippen LogP contribution in [0, 0.1) is 0 Å². The van der Waals surface area contributed by atoms with Gasteiger partial charge in [0.25, 0.3) is 5.56 Å². The van der Waals surface area contributed by atoms with Gasteiger partial charge in [0, 0.05) is 18.8 Å². The predicted molar refractivity (Wildman–Crippen MR) is 198 cm³/mol. The molecule has 4 aromatic carbocycles. The molecule has 0 bridgehead atoms. The van der Waals surface area contributed by atoms with Crippen molar-refractivity contribution in [2.24, 2.45) is 0 Å². The number of hydrogen-bond acceptors (Lipinski definition) is 10. The Morgan fingerprint density at radius 3 is 2.04 bits per heavy atom. The van der Waals surface area contributed by atoms with Gasteiger partial charge in [-0.1, -0.05) is 72.8 Å². The van der Waals surface area contributed by atoms with Gasteiger partial charge in [-0.2, -0.15) is 0 Å². The minimum atomic E-state index is -1.03. The van der Waals surface area contributed by atoms with E-state index in [2.05, 4.69) is 22.0 Å². The van der Waals surface area contributed by atoms with Crippen LogP contribution in [0.2, 0.25) is 0 Å². The largest absolute Gasteiger partial charge is 0.497 e. The van der Waals surface area contributed by atoms with Gasteiger partial charge in [-0.05, 0) is 71.6 Å². The molecule has 0 spiro atoms. The second-order valence-corrected chi connectivity index (χ2v) is 13.4. The van der Waals surface area contributed by atoms with Crippen molar-refractivity contribution in [3.63, 3.8) is 0 Å². The van der Waals surface area contributed by atoms with Crippen LogP contribution < -0.4 is 26.2 Å². The molecule has 12 nitrogen and oxygen atoms in total. The highest BCUT2D eigenvalue weighted by Gasteiger charge is 2.55. The van der Waals surface area contributed by atoms with Crippen molar-refractivity contribution in [2.45, 2.75) is 43.3 Å². The topological polar surface area (TPSA) is 134 Å². The minimum absolute atomic E-state index is 0.208. The number of nitrogens with one attached hydrogen (secondary N) is 1. The molecule has 0 saturated carbocycles. The number of nitrogens with zero attached hydrogens (tertiary/aromatic N) is 2. The number of aromatic nitrogens is 2. The number of rotatable bonds is 13. The van der Waals surface area contributed by atoms with E-state index in [0.29, 0.717) is 6.54 Å². The average Bonchev–Trinajstić information content (AvgIpc) is 3.76. The molecule has 5 aromatic rings. The van der Waals surface area contributed by atoms with Crippen LogP contribution in [-0.2, 0) is 37.5 Å². The summed E-state index contributed by atoms with van der Waals surface area (Å²) in [4.78, 5) is 28.8. The fourth-order valence-electron chi connectivity index (χ4n) is 7.18. The maximum absolute atomic E-state index is 12.7. The molecule has 53 heavy (non-hydrogen) atoms. The molecule has 0 radical (unpaired) electrons. The van der Waals surface area contributed by atoms with E-state index >= 15 is 0 Å². The van der Waals surface area contributed by atoms with Crippen molar-refractivity contribution >= 4 is 12.6 Å². The standard InChI is InChI=1S/C40H42BN3O9/c1-43(2)23-27-11-10-26(22-33(27)41-52-36-34(24-45)51-38(37(36)53-41)44-21-20-35(46)42-39(44)47)25-50-40(28-8-6-5-7-9-28,29-12-16-31(48-3)17-13-29)30-14-18-32(49-4)19-15-30/h5-22,34,36-38,45H,23-25H2,1-4H3,(H,42,46,47)/t34-,36-,37-,38-/m1/s1. The average molecular weight is 720 g/mol. The van der Waals surface area contributed by atoms with Gasteiger partial charge in [-0.15, -0.1) is 0 Å². The number of benzene rings is 4. The summed E-state index contributed by atoms with van der Waals surface area (Å²) in [5.74, 6) is 1.46. The van der Waals surface area contributed by atoms with E-state index in [0.717, 1.165) is 44.8 Å². The first-order valence-corrected chi connectivity index (χ1v) is 17.4. The molecule has 2 saturated heterocycles. The summed E-state index contributed by atoms with van der Waals surface area (Å²) in [6.07, 6.45) is -1.71. The Hall–Kier alpha value is -5.02. The molecular weight excluding hydrogens is 677 g/mol. The van der Waals surface area contributed by atoms with Crippen molar-refractivity contribution in [1.29, 1.82) is 0 Å². The summed E-state index contributed by atoms with van der Waals surface area (Å²) in [6, 6.07) is 33.2. The maximum Gasteiger partial charge on any atom is 0.495 e. The highest BCUT2D eigenvalue weighted by Crippen LogP contribution is 2.43. The third-order valence-corrected chi connectivity index (χ3v) is 9.73. The summed E-state index contributed by atoms with van der Waals surface area (Å²) in [7, 11) is 6.42. The number of methoxy groups -OCH3 is 2. The van der Waals surface area contributed by atoms with Crippen molar-refractivity contribution in [3.05, 3.63) is 158 Å². The monoisotopic (exact) mass is 719 g/mol. The van der Waals surface area contributed by atoms with Gasteiger partial charge >= 0.3 is 12.8 Å². The summed E-state index contributed by atoms with van der Waals surface area (Å²) in [6.45, 7) is 0.464. The summed E-state index contributed by atoms with van der Waals surface area (Å²) >= 11 is 0. The molecular formula is C40H42BN3O9. The van der Waals surface area contributed by atoms with Gasteiger partial charge in [0.05, 0.1) is 27.4 Å². The fourth-order valence-corrected chi connectivity index (χ4v) is 7.18. The van der Waals surface area contributed by atoms with Gasteiger partial charge < -0.3 is 38.3 Å². The molecule has 2 fully saturated rings. The Morgan fingerprint density at radius 1 is 0.830 bits per heavy atom. The molecule has 13 heteroatoms. The van der Waals surface area contributed by atoms with Crippen LogP contribution in [0.5, 0.6) is 11.5 Å².